The number of benzene rings is 2. The second kappa shape index (κ2) is 9.80. The molecule has 0 heterocycles. The van der Waals surface area contributed by atoms with Gasteiger partial charge in [0.25, 0.3) is 5.91 Å². The van der Waals surface area contributed by atoms with Crippen LogP contribution in [0.1, 0.15) is 15.9 Å². The Hall–Kier alpha value is -1.25. The number of hydrogen-bond acceptors (Lipinski definition) is 4. The topological polar surface area (TPSA) is 66.5 Å². The average Bonchev–Trinajstić information content (AvgIpc) is 2.63. The highest BCUT2D eigenvalue weighted by Crippen LogP contribution is 2.28. The summed E-state index contributed by atoms with van der Waals surface area (Å²) in [6.45, 7) is 0.441. The number of nitrogens with one attached hydrogen (secondary N) is 1. The predicted octanol–water partition coefficient (Wildman–Crippen LogP) is 3.91. The molecular formula is C18H20Cl2N2O3S2. The first-order valence-corrected chi connectivity index (χ1v) is 11.4. The molecule has 0 aliphatic carbocycles. The lowest BCUT2D eigenvalue weighted by molar-refractivity contribution is 0.0956. The summed E-state index contributed by atoms with van der Waals surface area (Å²) in [6, 6.07) is 11.4. The van der Waals surface area contributed by atoms with Gasteiger partial charge in [0.2, 0.25) is 10.0 Å². The second-order valence-corrected chi connectivity index (χ2v) is 9.90. The number of sulfonamides is 1. The number of rotatable bonds is 8. The van der Waals surface area contributed by atoms with Crippen molar-refractivity contribution >= 4 is 50.9 Å². The van der Waals surface area contributed by atoms with Crippen molar-refractivity contribution in [3.05, 3.63) is 63.6 Å². The van der Waals surface area contributed by atoms with Crippen LogP contribution in [0, 0.1) is 0 Å². The van der Waals surface area contributed by atoms with E-state index < -0.39 is 10.0 Å². The Morgan fingerprint density at radius 2 is 1.74 bits per heavy atom. The van der Waals surface area contributed by atoms with Gasteiger partial charge in [0.15, 0.2) is 0 Å². The van der Waals surface area contributed by atoms with E-state index >= 15 is 0 Å². The van der Waals surface area contributed by atoms with Crippen LogP contribution in [0.2, 0.25) is 10.0 Å². The summed E-state index contributed by atoms with van der Waals surface area (Å²) in [6.07, 6.45) is 0. The van der Waals surface area contributed by atoms with Gasteiger partial charge < -0.3 is 5.32 Å². The molecule has 2 aromatic rings. The molecule has 9 heteroatoms. The lowest BCUT2D eigenvalue weighted by Crippen LogP contribution is -2.27. The van der Waals surface area contributed by atoms with Crippen LogP contribution in [0.25, 0.3) is 0 Å². The zero-order valence-corrected chi connectivity index (χ0v) is 18.1. The standard InChI is InChI=1S/C18H20Cl2N2O3S2/c1-22(2)27(24,25)14-6-3-5-13(11-14)18(23)21-9-10-26-12-15-16(19)7-4-8-17(15)20/h3-8,11H,9-10,12H2,1-2H3,(H,21,23). The Kier molecular flexibility index (Phi) is 8.00. The maximum Gasteiger partial charge on any atom is 0.251 e. The van der Waals surface area contributed by atoms with E-state index in [-0.39, 0.29) is 10.8 Å². The van der Waals surface area contributed by atoms with Gasteiger partial charge in [0.1, 0.15) is 0 Å². The zero-order chi connectivity index (χ0) is 20.0. The van der Waals surface area contributed by atoms with Crippen LogP contribution < -0.4 is 5.32 Å². The van der Waals surface area contributed by atoms with Gasteiger partial charge in [-0.2, -0.15) is 11.8 Å². The summed E-state index contributed by atoms with van der Waals surface area (Å²) >= 11 is 13.9. The molecule has 0 bridgehead atoms. The first kappa shape index (κ1) is 22.0. The molecule has 2 aromatic carbocycles. The van der Waals surface area contributed by atoms with E-state index in [0.717, 1.165) is 9.87 Å². The summed E-state index contributed by atoms with van der Waals surface area (Å²) in [7, 11) is -0.679. The van der Waals surface area contributed by atoms with E-state index in [9.17, 15) is 13.2 Å². The quantitative estimate of drug-likeness (QED) is 0.624. The number of carbonyl (C=O) groups is 1. The largest absolute Gasteiger partial charge is 0.351 e. The van der Waals surface area contributed by atoms with E-state index in [1.54, 1.807) is 42.1 Å². The highest BCUT2D eigenvalue weighted by molar-refractivity contribution is 7.98. The monoisotopic (exact) mass is 446 g/mol. The van der Waals surface area contributed by atoms with Crippen molar-refractivity contribution in [3.8, 4) is 0 Å². The normalized spacial score (nSPS) is 11.6. The van der Waals surface area contributed by atoms with Crippen LogP contribution >= 0.6 is 35.0 Å². The maximum atomic E-state index is 12.3. The number of hydrogen-bond donors (Lipinski definition) is 1. The van der Waals surface area contributed by atoms with Crippen LogP contribution in [0.3, 0.4) is 0 Å². The Labute approximate surface area is 174 Å². The van der Waals surface area contributed by atoms with Crippen molar-refractivity contribution < 1.29 is 13.2 Å². The second-order valence-electron chi connectivity index (χ2n) is 5.82. The van der Waals surface area contributed by atoms with Crippen LogP contribution in [0.5, 0.6) is 0 Å². The molecule has 0 aliphatic rings. The number of thioether (sulfide) groups is 1. The van der Waals surface area contributed by atoms with Crippen molar-refractivity contribution in [1.29, 1.82) is 0 Å². The maximum absolute atomic E-state index is 12.3. The zero-order valence-electron chi connectivity index (χ0n) is 14.9. The van der Waals surface area contributed by atoms with E-state index in [1.807, 2.05) is 0 Å². The van der Waals surface area contributed by atoms with Crippen molar-refractivity contribution in [1.82, 2.24) is 9.62 Å². The van der Waals surface area contributed by atoms with Gasteiger partial charge in [0, 0.05) is 47.8 Å². The van der Waals surface area contributed by atoms with Crippen LogP contribution in [0.15, 0.2) is 47.4 Å². The fourth-order valence-corrected chi connectivity index (χ4v) is 4.74. The minimum absolute atomic E-state index is 0.0860. The predicted molar refractivity (Wildman–Crippen MR) is 112 cm³/mol. The summed E-state index contributed by atoms with van der Waals surface area (Å²) < 4.78 is 25.4. The third-order valence-corrected chi connectivity index (χ3v) is 7.22. The van der Waals surface area contributed by atoms with E-state index in [1.165, 1.54) is 26.2 Å². The molecule has 0 atom stereocenters. The first-order valence-electron chi connectivity index (χ1n) is 8.05. The third-order valence-electron chi connectivity index (χ3n) is 3.71. The van der Waals surface area contributed by atoms with Crippen LogP contribution in [-0.4, -0.2) is 45.0 Å². The van der Waals surface area contributed by atoms with Crippen molar-refractivity contribution in [3.63, 3.8) is 0 Å². The van der Waals surface area contributed by atoms with E-state index in [2.05, 4.69) is 5.32 Å². The molecule has 0 fully saturated rings. The summed E-state index contributed by atoms with van der Waals surface area (Å²) in [4.78, 5) is 12.4. The van der Waals surface area contributed by atoms with Crippen molar-refractivity contribution in [2.75, 3.05) is 26.4 Å². The SMILES string of the molecule is CN(C)S(=O)(=O)c1cccc(C(=O)NCCSCc2c(Cl)cccc2Cl)c1. The lowest BCUT2D eigenvalue weighted by atomic mass is 10.2. The first-order chi connectivity index (χ1) is 12.7. The smallest absolute Gasteiger partial charge is 0.251 e. The van der Waals surface area contributed by atoms with Crippen molar-refractivity contribution in [2.45, 2.75) is 10.6 Å². The minimum Gasteiger partial charge on any atom is -0.351 e. The molecule has 0 radical (unpaired) electrons. The van der Waals surface area contributed by atoms with Crippen LogP contribution in [0.4, 0.5) is 0 Å². The van der Waals surface area contributed by atoms with Gasteiger partial charge in [-0.3, -0.25) is 4.79 Å². The Balaban J connectivity index is 1.88. The molecule has 0 aliphatic heterocycles. The Morgan fingerprint density at radius 1 is 1.11 bits per heavy atom. The molecule has 0 spiro atoms. The molecule has 0 unspecified atom stereocenters. The molecule has 146 valence electrons. The number of nitrogens with zero attached hydrogens (tertiary/aromatic N) is 1. The average molecular weight is 447 g/mol. The molecule has 0 aromatic heterocycles. The summed E-state index contributed by atoms with van der Waals surface area (Å²) in [5.41, 5.74) is 1.18. The van der Waals surface area contributed by atoms with E-state index in [4.69, 9.17) is 23.2 Å². The Morgan fingerprint density at radius 3 is 2.37 bits per heavy atom. The van der Waals surface area contributed by atoms with Gasteiger partial charge in [-0.05, 0) is 35.9 Å². The highest BCUT2D eigenvalue weighted by Gasteiger charge is 2.18. The molecule has 5 nitrogen and oxygen atoms in total. The molecule has 1 N–H and O–H groups in total. The van der Waals surface area contributed by atoms with Crippen LogP contribution in [-0.2, 0) is 15.8 Å². The molecule has 0 saturated heterocycles. The number of carbonyl (C=O) groups excluding carboxylic acids is 1. The minimum atomic E-state index is -3.58. The highest BCUT2D eigenvalue weighted by atomic mass is 35.5. The molecule has 0 saturated carbocycles. The fourth-order valence-electron chi connectivity index (χ4n) is 2.19. The third kappa shape index (κ3) is 5.86. The van der Waals surface area contributed by atoms with Gasteiger partial charge in [-0.15, -0.1) is 0 Å². The molecule has 27 heavy (non-hydrogen) atoms. The lowest BCUT2D eigenvalue weighted by Gasteiger charge is -2.12. The fraction of sp³-hybridized carbons (Fsp3) is 0.278. The van der Waals surface area contributed by atoms with Crippen molar-refractivity contribution in [2.24, 2.45) is 0 Å². The Bertz CT molecular complexity index is 898. The van der Waals surface area contributed by atoms with Gasteiger partial charge in [0.05, 0.1) is 4.90 Å². The van der Waals surface area contributed by atoms with Gasteiger partial charge in [-0.1, -0.05) is 35.3 Å². The number of halogens is 2. The summed E-state index contributed by atoms with van der Waals surface area (Å²) in [5.74, 6) is 0.996. The molecular weight excluding hydrogens is 427 g/mol. The van der Waals surface area contributed by atoms with Gasteiger partial charge in [-0.25, -0.2) is 12.7 Å². The molecule has 1 amide bonds. The van der Waals surface area contributed by atoms with E-state index in [0.29, 0.717) is 33.7 Å². The summed E-state index contributed by atoms with van der Waals surface area (Å²) in [5, 5.41) is 4.03. The number of amides is 1. The van der Waals surface area contributed by atoms with Gasteiger partial charge >= 0.3 is 0 Å². The molecule has 2 rings (SSSR count).